The normalized spacial score (nSPS) is 19.0. The van der Waals surface area contributed by atoms with Gasteiger partial charge in [0.2, 0.25) is 5.91 Å². The maximum Gasteiger partial charge on any atom is 0.387 e. The molecule has 1 aromatic heterocycles. The van der Waals surface area contributed by atoms with Gasteiger partial charge in [0.15, 0.2) is 17.6 Å². The summed E-state index contributed by atoms with van der Waals surface area (Å²) in [4.78, 5) is 33.5. The lowest BCUT2D eigenvalue weighted by atomic mass is 10.1. The maximum atomic E-state index is 13.2. The number of amidine groups is 1. The van der Waals surface area contributed by atoms with Gasteiger partial charge in [-0.15, -0.1) is 0 Å². The largest absolute Gasteiger partial charge is 0.435 e. The van der Waals surface area contributed by atoms with Crippen LogP contribution in [0.1, 0.15) is 31.3 Å². The number of nitriles is 1. The number of ether oxygens (including phenoxy) is 1. The van der Waals surface area contributed by atoms with Crippen molar-refractivity contribution in [3.05, 3.63) is 34.9 Å². The molecule has 2 aliphatic heterocycles. The van der Waals surface area contributed by atoms with Gasteiger partial charge >= 0.3 is 6.61 Å². The van der Waals surface area contributed by atoms with Crippen molar-refractivity contribution >= 4 is 40.7 Å². The number of aromatic amines is 1. The van der Waals surface area contributed by atoms with E-state index in [1.165, 1.54) is 18.3 Å². The number of alkyl halides is 2. The summed E-state index contributed by atoms with van der Waals surface area (Å²) < 4.78 is 31.0. The molecule has 0 unspecified atom stereocenters. The third-order valence-electron chi connectivity index (χ3n) is 6.98. The smallest absolute Gasteiger partial charge is 0.387 e. The molecule has 1 aliphatic carbocycles. The number of halogens is 3. The number of amides is 1. The molecule has 1 saturated carbocycles. The number of hydrogen-bond donors (Lipinski definition) is 3. The predicted molar refractivity (Wildman–Crippen MR) is 146 cm³/mol. The summed E-state index contributed by atoms with van der Waals surface area (Å²) in [5.74, 6) is 0.384. The van der Waals surface area contributed by atoms with Gasteiger partial charge in [0.05, 0.1) is 28.6 Å². The highest BCUT2D eigenvalue weighted by atomic mass is 35.5. The van der Waals surface area contributed by atoms with Gasteiger partial charge in [-0.1, -0.05) is 11.6 Å². The van der Waals surface area contributed by atoms with E-state index in [1.807, 2.05) is 11.0 Å². The number of carbonyl (C=O) groups excluding carboxylic acids is 1. The van der Waals surface area contributed by atoms with Crippen LogP contribution in [0.5, 0.6) is 5.75 Å². The minimum Gasteiger partial charge on any atom is -0.435 e. The van der Waals surface area contributed by atoms with Gasteiger partial charge in [-0.25, -0.2) is 4.98 Å². The Balaban J connectivity index is 1.34. The number of rotatable bonds is 7. The maximum absolute atomic E-state index is 13.2. The van der Waals surface area contributed by atoms with Gasteiger partial charge in [-0.05, 0) is 12.8 Å². The van der Waals surface area contributed by atoms with Crippen LogP contribution < -0.4 is 20.7 Å². The topological polar surface area (TPSA) is 151 Å². The van der Waals surface area contributed by atoms with Crippen LogP contribution in [0, 0.1) is 11.3 Å². The third kappa shape index (κ3) is 6.43. The molecule has 1 amide bonds. The average molecular weight is 575 g/mol. The molecule has 3 aliphatic rings. The number of nitrogens with one attached hydrogen (secondary N) is 2. The van der Waals surface area contributed by atoms with Gasteiger partial charge < -0.3 is 30.6 Å². The van der Waals surface area contributed by atoms with Crippen LogP contribution in [0.3, 0.4) is 0 Å². The van der Waals surface area contributed by atoms with Gasteiger partial charge in [-0.3, -0.25) is 14.7 Å². The third-order valence-corrected chi connectivity index (χ3v) is 7.38. The van der Waals surface area contributed by atoms with E-state index in [2.05, 4.69) is 30.2 Å². The van der Waals surface area contributed by atoms with Crippen molar-refractivity contribution in [2.45, 2.75) is 38.5 Å². The Morgan fingerprint density at radius 3 is 2.62 bits per heavy atom. The SMILES string of the molecule is CC(=O)N1CC(N2CCN(c3cc(OC(F)F)cc(NC(N)=NC(=NC4CC4)c4ncc(C#N)[nH]4)c3Cl)CC2)C1. The summed E-state index contributed by atoms with van der Waals surface area (Å²) in [6, 6.07) is 5.18. The Morgan fingerprint density at radius 1 is 1.30 bits per heavy atom. The van der Waals surface area contributed by atoms with Gasteiger partial charge in [0.25, 0.3) is 0 Å². The molecule has 3 heterocycles. The first kappa shape index (κ1) is 27.6. The molecule has 0 bridgehead atoms. The van der Waals surface area contributed by atoms with E-state index >= 15 is 0 Å². The van der Waals surface area contributed by atoms with E-state index in [0.29, 0.717) is 37.9 Å². The minimum absolute atomic E-state index is 0.0716. The second-order valence-corrected chi connectivity index (χ2v) is 10.2. The highest BCUT2D eigenvalue weighted by molar-refractivity contribution is 6.36. The molecular weight excluding hydrogens is 546 g/mol. The fraction of sp³-hybridized carbons (Fsp3) is 0.480. The fourth-order valence-electron chi connectivity index (χ4n) is 4.64. The van der Waals surface area contributed by atoms with Crippen LogP contribution in [0.25, 0.3) is 0 Å². The second-order valence-electron chi connectivity index (χ2n) is 9.85. The molecule has 2 saturated heterocycles. The molecule has 0 radical (unpaired) electrons. The molecule has 2 aromatic rings. The van der Waals surface area contributed by atoms with Crippen molar-refractivity contribution in [3.63, 3.8) is 0 Å². The number of anilines is 2. The van der Waals surface area contributed by atoms with Gasteiger partial charge in [-0.2, -0.15) is 19.0 Å². The van der Waals surface area contributed by atoms with Crippen molar-refractivity contribution in [2.24, 2.45) is 15.7 Å². The van der Waals surface area contributed by atoms with Crippen LogP contribution in [0.15, 0.2) is 28.3 Å². The second kappa shape index (κ2) is 11.6. The van der Waals surface area contributed by atoms with E-state index in [0.717, 1.165) is 25.9 Å². The molecule has 212 valence electrons. The van der Waals surface area contributed by atoms with E-state index in [4.69, 9.17) is 27.3 Å². The molecule has 4 N–H and O–H groups in total. The number of guanidine groups is 1. The lowest BCUT2D eigenvalue weighted by molar-refractivity contribution is -0.136. The number of nitrogens with zero attached hydrogens (tertiary/aromatic N) is 7. The molecule has 3 fully saturated rings. The molecule has 0 spiro atoms. The standard InChI is InChI=1S/C25H29ClF2N10O2/c1-14(39)38-12-17(13-38)36-4-6-37(7-5-36)20-9-18(40-24(27)28)8-19(21(20)26)34-25(30)35-23(32-15-2-3-15)22-31-11-16(10-29)33-22/h8-9,11,15,17,24H,2-7,12-13H2,1H3,(H,31,33)(H3,30,32,34,35). The van der Waals surface area contributed by atoms with E-state index in [-0.39, 0.29) is 51.7 Å². The van der Waals surface area contributed by atoms with Crippen LogP contribution in [-0.2, 0) is 4.79 Å². The zero-order valence-electron chi connectivity index (χ0n) is 21.8. The van der Waals surface area contributed by atoms with Crippen LogP contribution >= 0.6 is 11.6 Å². The number of aliphatic imine (C=N–C) groups is 2. The molecule has 40 heavy (non-hydrogen) atoms. The number of benzene rings is 1. The summed E-state index contributed by atoms with van der Waals surface area (Å²) in [6.07, 6.45) is 3.18. The molecular formula is C25H29ClF2N10O2. The molecule has 15 heteroatoms. The van der Waals surface area contributed by atoms with Crippen LogP contribution in [0.2, 0.25) is 5.02 Å². The first-order valence-corrected chi connectivity index (χ1v) is 13.2. The van der Waals surface area contributed by atoms with E-state index < -0.39 is 6.61 Å². The first-order valence-electron chi connectivity index (χ1n) is 12.9. The number of hydrogen-bond acceptors (Lipinski definition) is 7. The monoisotopic (exact) mass is 574 g/mol. The average Bonchev–Trinajstić information content (AvgIpc) is 3.56. The van der Waals surface area contributed by atoms with E-state index in [1.54, 1.807) is 11.8 Å². The number of imidazole rings is 1. The lowest BCUT2D eigenvalue weighted by Crippen LogP contribution is -2.64. The van der Waals surface area contributed by atoms with E-state index in [9.17, 15) is 13.6 Å². The summed E-state index contributed by atoms with van der Waals surface area (Å²) >= 11 is 6.76. The predicted octanol–water partition coefficient (Wildman–Crippen LogP) is 2.22. The Bertz CT molecular complexity index is 1360. The number of likely N-dealkylation sites (tertiary alicyclic amines) is 1. The minimum atomic E-state index is -3.03. The summed E-state index contributed by atoms with van der Waals surface area (Å²) in [7, 11) is 0. The molecule has 1 aromatic carbocycles. The van der Waals surface area contributed by atoms with Crippen molar-refractivity contribution in [2.75, 3.05) is 49.5 Å². The quantitative estimate of drug-likeness (QED) is 0.336. The van der Waals surface area contributed by atoms with Crippen molar-refractivity contribution < 1.29 is 18.3 Å². The van der Waals surface area contributed by atoms with Crippen molar-refractivity contribution in [1.29, 1.82) is 5.26 Å². The van der Waals surface area contributed by atoms with Gasteiger partial charge in [0.1, 0.15) is 17.5 Å². The summed E-state index contributed by atoms with van der Waals surface area (Å²) in [5, 5.41) is 12.3. The molecule has 12 nitrogen and oxygen atoms in total. The highest BCUT2D eigenvalue weighted by Crippen LogP contribution is 2.38. The number of aromatic nitrogens is 2. The van der Waals surface area contributed by atoms with Crippen molar-refractivity contribution in [3.8, 4) is 11.8 Å². The lowest BCUT2D eigenvalue weighted by Gasteiger charge is -2.48. The fourth-order valence-corrected chi connectivity index (χ4v) is 4.91. The highest BCUT2D eigenvalue weighted by Gasteiger charge is 2.35. The Labute approximate surface area is 234 Å². The Morgan fingerprint density at radius 2 is 2.02 bits per heavy atom. The van der Waals surface area contributed by atoms with Crippen molar-refractivity contribution in [1.82, 2.24) is 19.8 Å². The van der Waals surface area contributed by atoms with Crippen LogP contribution in [0.4, 0.5) is 20.2 Å². The zero-order chi connectivity index (χ0) is 28.4. The van der Waals surface area contributed by atoms with Gasteiger partial charge in [0, 0.05) is 64.4 Å². The number of carbonyl (C=O) groups is 1. The number of piperazine rings is 1. The Kier molecular flexibility index (Phi) is 8.04. The summed E-state index contributed by atoms with van der Waals surface area (Å²) in [5.41, 5.74) is 7.19. The number of H-pyrrole nitrogens is 1. The molecule has 5 rings (SSSR count). The zero-order valence-corrected chi connectivity index (χ0v) is 22.5. The summed E-state index contributed by atoms with van der Waals surface area (Å²) in [6.45, 7) is 2.63. The molecule has 0 atom stereocenters. The number of nitrogens with two attached hydrogens (primary N) is 1. The first-order chi connectivity index (χ1) is 19.2. The van der Waals surface area contributed by atoms with Crippen LogP contribution in [-0.4, -0.2) is 95.4 Å². The Hall–Kier alpha value is -3.96.